The van der Waals surface area contributed by atoms with Crippen LogP contribution >= 0.6 is 0 Å². The van der Waals surface area contributed by atoms with Gasteiger partial charge in [0.2, 0.25) is 0 Å². The molecule has 0 fully saturated rings. The number of ketones is 1. The molecule has 0 atom stereocenters. The molecule has 2 aromatic rings. The summed E-state index contributed by atoms with van der Waals surface area (Å²) in [7, 11) is 1.55. The van der Waals surface area contributed by atoms with Gasteiger partial charge in [-0.25, -0.2) is 4.79 Å². The fraction of sp³-hybridized carbons (Fsp3) is 0.176. The van der Waals surface area contributed by atoms with Crippen LogP contribution in [0.3, 0.4) is 0 Å². The minimum absolute atomic E-state index is 0.0849. The highest BCUT2D eigenvalue weighted by Crippen LogP contribution is 2.20. The monoisotopic (exact) mass is 284 g/mol. The second-order valence-corrected chi connectivity index (χ2v) is 4.64. The summed E-state index contributed by atoms with van der Waals surface area (Å²) in [6.07, 6.45) is 0.366. The highest BCUT2D eigenvalue weighted by atomic mass is 16.5. The van der Waals surface area contributed by atoms with E-state index in [2.05, 4.69) is 0 Å². The van der Waals surface area contributed by atoms with Crippen molar-refractivity contribution in [3.63, 3.8) is 0 Å². The lowest BCUT2D eigenvalue weighted by Crippen LogP contribution is -2.08. The van der Waals surface area contributed by atoms with Crippen LogP contribution in [0.25, 0.3) is 0 Å². The van der Waals surface area contributed by atoms with Gasteiger partial charge in [-0.1, -0.05) is 18.2 Å². The molecule has 0 aliphatic carbocycles. The SMILES string of the molecule is COc1cccc(OC(=O)c2ccc(CC(C)=O)cc2)c1. The zero-order valence-corrected chi connectivity index (χ0v) is 12.0. The number of benzene rings is 2. The maximum Gasteiger partial charge on any atom is 0.343 e. The van der Waals surface area contributed by atoms with E-state index >= 15 is 0 Å². The van der Waals surface area contributed by atoms with Gasteiger partial charge in [0.15, 0.2) is 0 Å². The van der Waals surface area contributed by atoms with Gasteiger partial charge in [-0.3, -0.25) is 4.79 Å². The third kappa shape index (κ3) is 4.18. The second-order valence-electron chi connectivity index (χ2n) is 4.64. The lowest BCUT2D eigenvalue weighted by atomic mass is 10.1. The summed E-state index contributed by atoms with van der Waals surface area (Å²) in [5, 5.41) is 0. The standard InChI is InChI=1S/C17H16O4/c1-12(18)10-13-6-8-14(9-7-13)17(19)21-16-5-3-4-15(11-16)20-2/h3-9,11H,10H2,1-2H3. The summed E-state index contributed by atoms with van der Waals surface area (Å²) in [6, 6.07) is 13.7. The number of hydrogen-bond donors (Lipinski definition) is 0. The van der Waals surface area contributed by atoms with Crippen LogP contribution < -0.4 is 9.47 Å². The molecule has 0 heterocycles. The number of carbonyl (C=O) groups is 2. The molecule has 0 aliphatic heterocycles. The predicted molar refractivity (Wildman–Crippen MR) is 78.8 cm³/mol. The number of ether oxygens (including phenoxy) is 2. The van der Waals surface area contributed by atoms with Gasteiger partial charge in [0.25, 0.3) is 0 Å². The van der Waals surface area contributed by atoms with Crippen LogP contribution in [0.4, 0.5) is 0 Å². The van der Waals surface area contributed by atoms with Crippen molar-refractivity contribution in [3.8, 4) is 11.5 Å². The Labute approximate surface area is 123 Å². The molecule has 0 aromatic heterocycles. The van der Waals surface area contributed by atoms with E-state index in [0.717, 1.165) is 5.56 Å². The van der Waals surface area contributed by atoms with Crippen LogP contribution in [0, 0.1) is 0 Å². The number of methoxy groups -OCH3 is 1. The van der Waals surface area contributed by atoms with Crippen molar-refractivity contribution >= 4 is 11.8 Å². The molecule has 2 aromatic carbocycles. The minimum atomic E-state index is -0.447. The average Bonchev–Trinajstić information content (AvgIpc) is 2.47. The molecule has 21 heavy (non-hydrogen) atoms. The number of carbonyl (C=O) groups excluding carboxylic acids is 2. The first-order valence-electron chi connectivity index (χ1n) is 6.53. The zero-order valence-electron chi connectivity index (χ0n) is 12.0. The Bertz CT molecular complexity index is 644. The molecule has 0 amide bonds. The van der Waals surface area contributed by atoms with Crippen LogP contribution in [0.1, 0.15) is 22.8 Å². The van der Waals surface area contributed by atoms with E-state index in [1.807, 2.05) is 0 Å². The topological polar surface area (TPSA) is 52.6 Å². The summed E-state index contributed by atoms with van der Waals surface area (Å²) >= 11 is 0. The second kappa shape index (κ2) is 6.70. The molecule has 4 heteroatoms. The minimum Gasteiger partial charge on any atom is -0.497 e. The van der Waals surface area contributed by atoms with Gasteiger partial charge in [0, 0.05) is 12.5 Å². The van der Waals surface area contributed by atoms with E-state index in [-0.39, 0.29) is 5.78 Å². The first-order valence-corrected chi connectivity index (χ1v) is 6.53. The molecule has 4 nitrogen and oxygen atoms in total. The van der Waals surface area contributed by atoms with Crippen molar-refractivity contribution in [2.24, 2.45) is 0 Å². The van der Waals surface area contributed by atoms with E-state index < -0.39 is 5.97 Å². The van der Waals surface area contributed by atoms with Crippen molar-refractivity contribution in [2.75, 3.05) is 7.11 Å². The lowest BCUT2D eigenvalue weighted by molar-refractivity contribution is -0.116. The molecule has 0 saturated heterocycles. The molecular weight excluding hydrogens is 268 g/mol. The Kier molecular flexibility index (Phi) is 4.72. The molecule has 0 unspecified atom stereocenters. The Morgan fingerprint density at radius 3 is 2.29 bits per heavy atom. The van der Waals surface area contributed by atoms with Crippen molar-refractivity contribution in [3.05, 3.63) is 59.7 Å². The van der Waals surface area contributed by atoms with E-state index in [9.17, 15) is 9.59 Å². The van der Waals surface area contributed by atoms with E-state index in [4.69, 9.17) is 9.47 Å². The summed E-state index contributed by atoms with van der Waals surface area (Å²) in [6.45, 7) is 1.53. The van der Waals surface area contributed by atoms with Crippen molar-refractivity contribution in [1.29, 1.82) is 0 Å². The van der Waals surface area contributed by atoms with Gasteiger partial charge in [-0.2, -0.15) is 0 Å². The predicted octanol–water partition coefficient (Wildman–Crippen LogP) is 3.05. The van der Waals surface area contributed by atoms with E-state index in [1.165, 1.54) is 6.92 Å². The van der Waals surface area contributed by atoms with Crippen molar-refractivity contribution < 1.29 is 19.1 Å². The third-order valence-electron chi connectivity index (χ3n) is 2.89. The summed E-state index contributed by atoms with van der Waals surface area (Å²) in [5.74, 6) is 0.684. The van der Waals surface area contributed by atoms with Gasteiger partial charge in [-0.05, 0) is 36.8 Å². The maximum atomic E-state index is 12.0. The highest BCUT2D eigenvalue weighted by Gasteiger charge is 2.09. The Balaban J connectivity index is 2.07. The first-order chi connectivity index (χ1) is 10.1. The van der Waals surface area contributed by atoms with E-state index in [0.29, 0.717) is 23.5 Å². The number of hydrogen-bond acceptors (Lipinski definition) is 4. The number of Topliss-reactive ketones (excluding diaryl/α,β-unsaturated/α-hetero) is 1. The van der Waals surface area contributed by atoms with Gasteiger partial charge < -0.3 is 9.47 Å². The highest BCUT2D eigenvalue weighted by molar-refractivity contribution is 5.91. The molecule has 0 radical (unpaired) electrons. The van der Waals surface area contributed by atoms with Crippen molar-refractivity contribution in [2.45, 2.75) is 13.3 Å². The quantitative estimate of drug-likeness (QED) is 0.625. The first kappa shape index (κ1) is 14.8. The molecule has 0 saturated carbocycles. The molecule has 2 rings (SSSR count). The number of rotatable bonds is 5. The number of esters is 1. The lowest BCUT2D eigenvalue weighted by Gasteiger charge is -2.06. The smallest absolute Gasteiger partial charge is 0.343 e. The van der Waals surface area contributed by atoms with Crippen LogP contribution in [0.5, 0.6) is 11.5 Å². The van der Waals surface area contributed by atoms with Crippen molar-refractivity contribution in [1.82, 2.24) is 0 Å². The molecule has 108 valence electrons. The van der Waals surface area contributed by atoms with Gasteiger partial charge >= 0.3 is 5.97 Å². The average molecular weight is 284 g/mol. The van der Waals surface area contributed by atoms with Gasteiger partial charge in [0.05, 0.1) is 12.7 Å². The fourth-order valence-electron chi connectivity index (χ4n) is 1.88. The van der Waals surface area contributed by atoms with Crippen LogP contribution in [0.2, 0.25) is 0 Å². The molecule has 0 bridgehead atoms. The third-order valence-corrected chi connectivity index (χ3v) is 2.89. The normalized spacial score (nSPS) is 10.0. The maximum absolute atomic E-state index is 12.0. The summed E-state index contributed by atoms with van der Waals surface area (Å²) in [4.78, 5) is 23.0. The Morgan fingerprint density at radius 1 is 1.00 bits per heavy atom. The van der Waals surface area contributed by atoms with E-state index in [1.54, 1.807) is 55.6 Å². The Morgan fingerprint density at radius 2 is 1.67 bits per heavy atom. The van der Waals surface area contributed by atoms with Crippen LogP contribution in [0.15, 0.2) is 48.5 Å². The Hall–Kier alpha value is -2.62. The molecular formula is C17H16O4. The summed E-state index contributed by atoms with van der Waals surface area (Å²) < 4.78 is 10.3. The van der Waals surface area contributed by atoms with Gasteiger partial charge in [0.1, 0.15) is 17.3 Å². The zero-order chi connectivity index (χ0) is 15.2. The molecule has 0 aliphatic rings. The summed E-state index contributed by atoms with van der Waals surface area (Å²) in [5.41, 5.74) is 1.31. The molecule has 0 N–H and O–H groups in total. The van der Waals surface area contributed by atoms with Crippen LogP contribution in [-0.4, -0.2) is 18.9 Å². The van der Waals surface area contributed by atoms with Crippen LogP contribution in [-0.2, 0) is 11.2 Å². The van der Waals surface area contributed by atoms with Gasteiger partial charge in [-0.15, -0.1) is 0 Å². The molecule has 0 spiro atoms. The largest absolute Gasteiger partial charge is 0.497 e. The fourth-order valence-corrected chi connectivity index (χ4v) is 1.88.